The van der Waals surface area contributed by atoms with Gasteiger partial charge >= 0.3 is 0 Å². The van der Waals surface area contributed by atoms with Gasteiger partial charge in [0, 0.05) is 17.3 Å². The molecule has 0 saturated carbocycles. The molecule has 13 heavy (non-hydrogen) atoms. The SMILES string of the molecule is CC1CCc2c(ccc(F)c2N)N1. The van der Waals surface area contributed by atoms with Crippen LogP contribution >= 0.6 is 0 Å². The Morgan fingerprint density at radius 1 is 1.54 bits per heavy atom. The van der Waals surface area contributed by atoms with Crippen LogP contribution in [-0.2, 0) is 6.42 Å². The van der Waals surface area contributed by atoms with E-state index in [1.54, 1.807) is 6.07 Å². The van der Waals surface area contributed by atoms with Crippen LogP contribution in [0.3, 0.4) is 0 Å². The second-order valence-corrected chi connectivity index (χ2v) is 3.57. The molecule has 1 atom stereocenters. The summed E-state index contributed by atoms with van der Waals surface area (Å²) < 4.78 is 13.1. The number of fused-ring (bicyclic) bond motifs is 1. The van der Waals surface area contributed by atoms with E-state index in [2.05, 4.69) is 12.2 Å². The zero-order chi connectivity index (χ0) is 9.42. The molecule has 0 spiro atoms. The van der Waals surface area contributed by atoms with Crippen LogP contribution < -0.4 is 11.1 Å². The van der Waals surface area contributed by atoms with Crippen LogP contribution in [0.25, 0.3) is 0 Å². The summed E-state index contributed by atoms with van der Waals surface area (Å²) in [6.07, 6.45) is 1.88. The second-order valence-electron chi connectivity index (χ2n) is 3.57. The molecule has 2 nitrogen and oxygen atoms in total. The maximum absolute atomic E-state index is 13.1. The van der Waals surface area contributed by atoms with Gasteiger partial charge in [-0.25, -0.2) is 4.39 Å². The van der Waals surface area contributed by atoms with Gasteiger partial charge in [-0.15, -0.1) is 0 Å². The molecule has 1 aliphatic heterocycles. The number of hydrogen-bond acceptors (Lipinski definition) is 2. The van der Waals surface area contributed by atoms with Crippen molar-refractivity contribution in [2.24, 2.45) is 0 Å². The van der Waals surface area contributed by atoms with E-state index in [0.717, 1.165) is 24.1 Å². The van der Waals surface area contributed by atoms with Crippen LogP contribution in [0.15, 0.2) is 12.1 Å². The minimum atomic E-state index is -0.310. The van der Waals surface area contributed by atoms with Crippen molar-refractivity contribution in [2.75, 3.05) is 11.1 Å². The average molecular weight is 180 g/mol. The highest BCUT2D eigenvalue weighted by Gasteiger charge is 2.17. The molecule has 2 rings (SSSR count). The molecular weight excluding hydrogens is 167 g/mol. The maximum atomic E-state index is 13.1. The third kappa shape index (κ3) is 1.34. The summed E-state index contributed by atoms with van der Waals surface area (Å²) in [6.45, 7) is 2.11. The monoisotopic (exact) mass is 180 g/mol. The van der Waals surface area contributed by atoms with Crippen molar-refractivity contribution in [1.82, 2.24) is 0 Å². The highest BCUT2D eigenvalue weighted by molar-refractivity contribution is 5.65. The van der Waals surface area contributed by atoms with Gasteiger partial charge in [0.15, 0.2) is 0 Å². The maximum Gasteiger partial charge on any atom is 0.146 e. The number of rotatable bonds is 0. The summed E-state index contributed by atoms with van der Waals surface area (Å²) in [5, 5.41) is 3.28. The molecule has 0 amide bonds. The molecule has 0 bridgehead atoms. The zero-order valence-corrected chi connectivity index (χ0v) is 7.60. The van der Waals surface area contributed by atoms with Gasteiger partial charge in [-0.1, -0.05) is 0 Å². The van der Waals surface area contributed by atoms with E-state index in [9.17, 15) is 4.39 Å². The molecule has 3 heteroatoms. The summed E-state index contributed by atoms with van der Waals surface area (Å²) in [5.41, 5.74) is 7.85. The molecule has 1 aliphatic rings. The summed E-state index contributed by atoms with van der Waals surface area (Å²) in [4.78, 5) is 0. The van der Waals surface area contributed by atoms with Crippen molar-refractivity contribution in [3.63, 3.8) is 0 Å². The third-order valence-electron chi connectivity index (χ3n) is 2.53. The van der Waals surface area contributed by atoms with Crippen LogP contribution in [0.4, 0.5) is 15.8 Å². The zero-order valence-electron chi connectivity index (χ0n) is 7.60. The number of nitrogens with one attached hydrogen (secondary N) is 1. The lowest BCUT2D eigenvalue weighted by Crippen LogP contribution is -2.22. The number of anilines is 2. The second kappa shape index (κ2) is 2.91. The average Bonchev–Trinajstić information content (AvgIpc) is 2.12. The van der Waals surface area contributed by atoms with Gasteiger partial charge in [-0.2, -0.15) is 0 Å². The van der Waals surface area contributed by atoms with Crippen LogP contribution in [-0.4, -0.2) is 6.04 Å². The number of nitrogens with two attached hydrogens (primary N) is 1. The highest BCUT2D eigenvalue weighted by Crippen LogP contribution is 2.30. The minimum Gasteiger partial charge on any atom is -0.396 e. The van der Waals surface area contributed by atoms with E-state index in [0.29, 0.717) is 11.7 Å². The van der Waals surface area contributed by atoms with E-state index in [1.807, 2.05) is 0 Å². The number of benzene rings is 1. The van der Waals surface area contributed by atoms with Crippen molar-refractivity contribution in [3.05, 3.63) is 23.5 Å². The van der Waals surface area contributed by atoms with Crippen LogP contribution in [0, 0.1) is 5.82 Å². The topological polar surface area (TPSA) is 38.0 Å². The van der Waals surface area contributed by atoms with Crippen molar-refractivity contribution in [2.45, 2.75) is 25.8 Å². The van der Waals surface area contributed by atoms with Gasteiger partial charge in [0.1, 0.15) is 5.82 Å². The van der Waals surface area contributed by atoms with Gasteiger partial charge in [0.25, 0.3) is 0 Å². The normalized spacial score (nSPS) is 20.6. The molecule has 1 aromatic carbocycles. The minimum absolute atomic E-state index is 0.303. The highest BCUT2D eigenvalue weighted by atomic mass is 19.1. The van der Waals surface area contributed by atoms with E-state index in [4.69, 9.17) is 5.73 Å². The Bertz CT molecular complexity index is 336. The lowest BCUT2D eigenvalue weighted by molar-refractivity contribution is 0.623. The molecule has 0 aromatic heterocycles. The lowest BCUT2D eigenvalue weighted by atomic mass is 9.97. The predicted octanol–water partition coefficient (Wildman–Crippen LogP) is 2.15. The fourth-order valence-electron chi connectivity index (χ4n) is 1.74. The van der Waals surface area contributed by atoms with Crippen LogP contribution in [0.1, 0.15) is 18.9 Å². The first-order chi connectivity index (χ1) is 6.18. The molecule has 0 fully saturated rings. The summed E-state index contributed by atoms with van der Waals surface area (Å²) in [5.74, 6) is -0.310. The molecule has 1 unspecified atom stereocenters. The van der Waals surface area contributed by atoms with Gasteiger partial charge in [-0.3, -0.25) is 0 Å². The Morgan fingerprint density at radius 3 is 3.08 bits per heavy atom. The smallest absolute Gasteiger partial charge is 0.146 e. The Morgan fingerprint density at radius 2 is 2.31 bits per heavy atom. The van der Waals surface area contributed by atoms with Crippen molar-refractivity contribution >= 4 is 11.4 Å². The molecule has 1 aromatic rings. The quantitative estimate of drug-likeness (QED) is 0.600. The van der Waals surface area contributed by atoms with Gasteiger partial charge in [0.2, 0.25) is 0 Å². The van der Waals surface area contributed by atoms with E-state index < -0.39 is 0 Å². The van der Waals surface area contributed by atoms with Gasteiger partial charge < -0.3 is 11.1 Å². The molecule has 0 saturated heterocycles. The van der Waals surface area contributed by atoms with Gasteiger partial charge in [0.05, 0.1) is 5.69 Å². The number of nitrogen functional groups attached to an aromatic ring is 1. The first-order valence-corrected chi connectivity index (χ1v) is 4.52. The van der Waals surface area contributed by atoms with Gasteiger partial charge in [-0.05, 0) is 31.9 Å². The van der Waals surface area contributed by atoms with E-state index in [1.165, 1.54) is 6.07 Å². The molecular formula is C10H13FN2. The number of halogens is 1. The standard InChI is InChI=1S/C10H13FN2/c1-6-2-3-7-9(13-6)5-4-8(11)10(7)12/h4-6,13H,2-3,12H2,1H3. The summed E-state index contributed by atoms with van der Waals surface area (Å²) in [6, 6.07) is 3.63. The molecule has 1 heterocycles. The van der Waals surface area contributed by atoms with Crippen molar-refractivity contribution < 1.29 is 4.39 Å². The lowest BCUT2D eigenvalue weighted by Gasteiger charge is -2.25. The largest absolute Gasteiger partial charge is 0.396 e. The van der Waals surface area contributed by atoms with Crippen molar-refractivity contribution in [1.29, 1.82) is 0 Å². The van der Waals surface area contributed by atoms with Crippen LogP contribution in [0.5, 0.6) is 0 Å². The van der Waals surface area contributed by atoms with E-state index >= 15 is 0 Å². The fraction of sp³-hybridized carbons (Fsp3) is 0.400. The Hall–Kier alpha value is -1.25. The Kier molecular flexibility index (Phi) is 1.87. The molecule has 0 aliphatic carbocycles. The molecule has 3 N–H and O–H groups in total. The summed E-state index contributed by atoms with van der Waals surface area (Å²) in [7, 11) is 0. The fourth-order valence-corrected chi connectivity index (χ4v) is 1.74. The first kappa shape index (κ1) is 8.35. The number of hydrogen-bond donors (Lipinski definition) is 2. The predicted molar refractivity (Wildman–Crippen MR) is 52.2 cm³/mol. The van der Waals surface area contributed by atoms with Crippen LogP contribution in [0.2, 0.25) is 0 Å². The Balaban J connectivity index is 2.47. The summed E-state index contributed by atoms with van der Waals surface area (Å²) >= 11 is 0. The Labute approximate surface area is 76.9 Å². The van der Waals surface area contributed by atoms with Crippen molar-refractivity contribution in [3.8, 4) is 0 Å². The third-order valence-corrected chi connectivity index (χ3v) is 2.53. The molecule has 0 radical (unpaired) electrons. The van der Waals surface area contributed by atoms with E-state index in [-0.39, 0.29) is 5.82 Å². The molecule has 70 valence electrons. The first-order valence-electron chi connectivity index (χ1n) is 4.52.